The Balaban J connectivity index is 3.06. The highest BCUT2D eigenvalue weighted by Gasteiger charge is 2.32. The summed E-state index contributed by atoms with van der Waals surface area (Å²) in [5, 5.41) is 3.21. The van der Waals surface area contributed by atoms with Crippen molar-refractivity contribution in [2.45, 2.75) is 39.4 Å². The number of hydrogen-bond donors (Lipinski definition) is 1. The summed E-state index contributed by atoms with van der Waals surface area (Å²) in [6, 6.07) is 3.55. The summed E-state index contributed by atoms with van der Waals surface area (Å²) in [5.74, 6) is 0.417. The molecule has 3 nitrogen and oxygen atoms in total. The van der Waals surface area contributed by atoms with E-state index in [1.165, 1.54) is 11.1 Å². The van der Waals surface area contributed by atoms with E-state index in [1.807, 2.05) is 26.8 Å². The molecule has 0 radical (unpaired) electrons. The molecular weight excluding hydrogens is 267 g/mol. The number of anilines is 1. The van der Waals surface area contributed by atoms with Crippen LogP contribution in [0.2, 0.25) is 0 Å². The van der Waals surface area contributed by atoms with E-state index in [0.29, 0.717) is 18.8 Å². The van der Waals surface area contributed by atoms with Crippen molar-refractivity contribution < 1.29 is 13.2 Å². The topological polar surface area (TPSA) is 28.2 Å². The normalized spacial score (nSPS) is 13.3. The Hall–Kier alpha value is -1.30. The summed E-state index contributed by atoms with van der Waals surface area (Å²) in [6.07, 6.45) is -2.05. The Kier molecular flexibility index (Phi) is 6.26. The van der Waals surface area contributed by atoms with E-state index < -0.39 is 12.7 Å². The summed E-state index contributed by atoms with van der Waals surface area (Å²) < 4.78 is 38.1. The lowest BCUT2D eigenvalue weighted by atomic mass is 10.1. The molecule has 1 heterocycles. The van der Waals surface area contributed by atoms with Crippen LogP contribution in [0.4, 0.5) is 19.0 Å². The molecule has 1 atom stereocenters. The highest BCUT2D eigenvalue weighted by Crippen LogP contribution is 2.27. The first-order valence-electron chi connectivity index (χ1n) is 6.89. The van der Waals surface area contributed by atoms with Crippen LogP contribution in [0.5, 0.6) is 0 Å². The van der Waals surface area contributed by atoms with Crippen LogP contribution in [0.15, 0.2) is 18.3 Å². The molecule has 1 rings (SSSR count). The van der Waals surface area contributed by atoms with Crippen molar-refractivity contribution in [3.8, 4) is 0 Å². The molecule has 0 fully saturated rings. The summed E-state index contributed by atoms with van der Waals surface area (Å²) in [6.45, 7) is 5.88. The number of hydrogen-bond acceptors (Lipinski definition) is 3. The SMILES string of the molecule is CCCN(CC(F)(F)F)c1ncccc1C(C)NCC. The van der Waals surface area contributed by atoms with Gasteiger partial charge in [-0.2, -0.15) is 13.2 Å². The fourth-order valence-electron chi connectivity index (χ4n) is 2.17. The summed E-state index contributed by atoms with van der Waals surface area (Å²) in [4.78, 5) is 5.48. The summed E-state index contributed by atoms with van der Waals surface area (Å²) in [7, 11) is 0. The van der Waals surface area contributed by atoms with Crippen molar-refractivity contribution in [2.24, 2.45) is 0 Å². The second-order valence-corrected chi connectivity index (χ2v) is 4.73. The minimum absolute atomic E-state index is 0.0312. The summed E-state index contributed by atoms with van der Waals surface area (Å²) >= 11 is 0. The molecule has 0 saturated carbocycles. The molecule has 0 saturated heterocycles. The number of alkyl halides is 3. The van der Waals surface area contributed by atoms with Gasteiger partial charge in [0.2, 0.25) is 0 Å². The lowest BCUT2D eigenvalue weighted by Crippen LogP contribution is -2.36. The minimum atomic E-state index is -4.23. The number of halogens is 3. The van der Waals surface area contributed by atoms with Crippen LogP contribution in [0.25, 0.3) is 0 Å². The van der Waals surface area contributed by atoms with E-state index in [4.69, 9.17) is 0 Å². The van der Waals surface area contributed by atoms with Crippen LogP contribution in [0.1, 0.15) is 38.8 Å². The fraction of sp³-hybridized carbons (Fsp3) is 0.643. The molecule has 1 unspecified atom stereocenters. The predicted octanol–water partition coefficient (Wildman–Crippen LogP) is 3.53. The van der Waals surface area contributed by atoms with Crippen molar-refractivity contribution >= 4 is 5.82 Å². The minimum Gasteiger partial charge on any atom is -0.347 e. The largest absolute Gasteiger partial charge is 0.405 e. The first kappa shape index (κ1) is 16.8. The smallest absolute Gasteiger partial charge is 0.347 e. The maximum Gasteiger partial charge on any atom is 0.405 e. The van der Waals surface area contributed by atoms with Crippen LogP contribution in [-0.2, 0) is 0 Å². The van der Waals surface area contributed by atoms with Gasteiger partial charge in [-0.1, -0.05) is 19.9 Å². The second kappa shape index (κ2) is 7.47. The van der Waals surface area contributed by atoms with Gasteiger partial charge in [0, 0.05) is 24.3 Å². The quantitative estimate of drug-likeness (QED) is 0.832. The maximum absolute atomic E-state index is 12.7. The van der Waals surface area contributed by atoms with E-state index in [1.54, 1.807) is 6.07 Å². The Bertz CT molecular complexity index is 407. The van der Waals surface area contributed by atoms with Gasteiger partial charge in [-0.15, -0.1) is 0 Å². The predicted molar refractivity (Wildman–Crippen MR) is 74.9 cm³/mol. The second-order valence-electron chi connectivity index (χ2n) is 4.73. The Morgan fingerprint density at radius 1 is 1.35 bits per heavy atom. The van der Waals surface area contributed by atoms with Gasteiger partial charge < -0.3 is 10.2 Å². The third-order valence-corrected chi connectivity index (χ3v) is 2.96. The van der Waals surface area contributed by atoms with E-state index in [9.17, 15) is 13.2 Å². The zero-order valence-electron chi connectivity index (χ0n) is 12.2. The number of aromatic nitrogens is 1. The van der Waals surface area contributed by atoms with Gasteiger partial charge in [-0.25, -0.2) is 4.98 Å². The van der Waals surface area contributed by atoms with Crippen LogP contribution in [0, 0.1) is 0 Å². The van der Waals surface area contributed by atoms with Gasteiger partial charge in [-0.3, -0.25) is 0 Å². The molecule has 0 bridgehead atoms. The number of rotatable bonds is 7. The molecule has 114 valence electrons. The van der Waals surface area contributed by atoms with Gasteiger partial charge in [0.1, 0.15) is 12.4 Å². The molecule has 1 N–H and O–H groups in total. The van der Waals surface area contributed by atoms with Crippen molar-refractivity contribution in [3.63, 3.8) is 0 Å². The zero-order chi connectivity index (χ0) is 15.2. The molecule has 0 amide bonds. The average Bonchev–Trinajstić information content (AvgIpc) is 2.37. The number of nitrogens with one attached hydrogen (secondary N) is 1. The Morgan fingerprint density at radius 3 is 2.60 bits per heavy atom. The van der Waals surface area contributed by atoms with Gasteiger partial charge in [0.25, 0.3) is 0 Å². The molecule has 20 heavy (non-hydrogen) atoms. The van der Waals surface area contributed by atoms with Gasteiger partial charge in [0.15, 0.2) is 0 Å². The fourth-order valence-corrected chi connectivity index (χ4v) is 2.17. The molecule has 1 aromatic heterocycles. The monoisotopic (exact) mass is 289 g/mol. The van der Waals surface area contributed by atoms with E-state index >= 15 is 0 Å². The first-order chi connectivity index (χ1) is 9.39. The number of nitrogens with zero attached hydrogens (tertiary/aromatic N) is 2. The Labute approximate surface area is 118 Å². The molecule has 1 aromatic rings. The standard InChI is InChI=1S/C14H22F3N3/c1-4-9-20(10-14(15,16)17)13-12(7-6-8-19-13)11(3)18-5-2/h6-8,11,18H,4-5,9-10H2,1-3H3. The molecule has 6 heteroatoms. The molecular formula is C14H22F3N3. The van der Waals surface area contributed by atoms with Crippen molar-refractivity contribution in [3.05, 3.63) is 23.9 Å². The molecule has 0 aromatic carbocycles. The third-order valence-electron chi connectivity index (χ3n) is 2.96. The lowest BCUT2D eigenvalue weighted by Gasteiger charge is -2.28. The number of pyridine rings is 1. The highest BCUT2D eigenvalue weighted by molar-refractivity contribution is 5.48. The molecule has 0 aliphatic rings. The molecule has 0 spiro atoms. The molecule has 0 aliphatic carbocycles. The summed E-state index contributed by atoms with van der Waals surface area (Å²) in [5.41, 5.74) is 0.798. The van der Waals surface area contributed by atoms with E-state index in [2.05, 4.69) is 10.3 Å². The first-order valence-corrected chi connectivity index (χ1v) is 6.89. The van der Waals surface area contributed by atoms with Gasteiger partial charge >= 0.3 is 6.18 Å². The van der Waals surface area contributed by atoms with E-state index in [0.717, 1.165) is 12.1 Å². The Morgan fingerprint density at radius 2 is 2.05 bits per heavy atom. The average molecular weight is 289 g/mol. The molecule has 0 aliphatic heterocycles. The lowest BCUT2D eigenvalue weighted by molar-refractivity contribution is -0.119. The maximum atomic E-state index is 12.7. The van der Waals surface area contributed by atoms with Gasteiger partial charge in [-0.05, 0) is 26.0 Å². The highest BCUT2D eigenvalue weighted by atomic mass is 19.4. The van der Waals surface area contributed by atoms with Crippen molar-refractivity contribution in [1.29, 1.82) is 0 Å². The van der Waals surface area contributed by atoms with Crippen LogP contribution in [-0.4, -0.2) is 30.8 Å². The van der Waals surface area contributed by atoms with Crippen molar-refractivity contribution in [2.75, 3.05) is 24.5 Å². The van der Waals surface area contributed by atoms with Crippen molar-refractivity contribution in [1.82, 2.24) is 10.3 Å². The van der Waals surface area contributed by atoms with E-state index in [-0.39, 0.29) is 6.04 Å². The van der Waals surface area contributed by atoms with Crippen LogP contribution >= 0.6 is 0 Å². The third kappa shape index (κ3) is 5.00. The zero-order valence-corrected chi connectivity index (χ0v) is 12.2. The van der Waals surface area contributed by atoms with Crippen LogP contribution in [0.3, 0.4) is 0 Å². The van der Waals surface area contributed by atoms with Gasteiger partial charge in [0.05, 0.1) is 0 Å². The van der Waals surface area contributed by atoms with Crippen LogP contribution < -0.4 is 10.2 Å².